The lowest BCUT2D eigenvalue weighted by Gasteiger charge is -2.19. The van der Waals surface area contributed by atoms with E-state index < -0.39 is 11.4 Å². The van der Waals surface area contributed by atoms with Gasteiger partial charge in [-0.1, -0.05) is 23.7 Å². The first-order valence-electron chi connectivity index (χ1n) is 5.10. The zero-order valence-electron chi connectivity index (χ0n) is 9.46. The van der Waals surface area contributed by atoms with E-state index >= 15 is 0 Å². The van der Waals surface area contributed by atoms with Gasteiger partial charge in [0.2, 0.25) is 0 Å². The molecule has 0 aliphatic rings. The quantitative estimate of drug-likeness (QED) is 0.833. The van der Waals surface area contributed by atoms with E-state index in [9.17, 15) is 4.79 Å². The minimum absolute atomic E-state index is 0.425. The van der Waals surface area contributed by atoms with Gasteiger partial charge in [-0.2, -0.15) is 0 Å². The lowest BCUT2D eigenvalue weighted by atomic mass is 9.94. The van der Waals surface area contributed by atoms with Gasteiger partial charge in [0.1, 0.15) is 0 Å². The summed E-state index contributed by atoms with van der Waals surface area (Å²) in [5.41, 5.74) is 0.298. The highest BCUT2D eigenvalue weighted by Gasteiger charge is 2.26. The molecule has 0 fully saturated rings. The number of rotatable bonds is 5. The molecule has 3 nitrogen and oxygen atoms in total. The Balaban J connectivity index is 2.45. The van der Waals surface area contributed by atoms with Crippen molar-refractivity contribution in [3.63, 3.8) is 0 Å². The molecule has 0 heterocycles. The maximum atomic E-state index is 10.9. The lowest BCUT2D eigenvalue weighted by Crippen LogP contribution is -2.35. The molecule has 1 aromatic carbocycles. The number of nitrogens with one attached hydrogen (secondary N) is 1. The molecule has 1 rings (SSSR count). The predicted octanol–water partition coefficient (Wildman–Crippen LogP) is 2.54. The van der Waals surface area contributed by atoms with Gasteiger partial charge in [-0.25, -0.2) is 0 Å². The fourth-order valence-corrected chi connectivity index (χ4v) is 1.45. The topological polar surface area (TPSA) is 49.3 Å². The van der Waals surface area contributed by atoms with Gasteiger partial charge in [0.05, 0.1) is 5.41 Å². The number of halogens is 1. The highest BCUT2D eigenvalue weighted by molar-refractivity contribution is 6.30. The van der Waals surface area contributed by atoms with Crippen LogP contribution in [0.25, 0.3) is 0 Å². The minimum Gasteiger partial charge on any atom is -0.481 e. The van der Waals surface area contributed by atoms with E-state index in [0.717, 1.165) is 5.56 Å². The van der Waals surface area contributed by atoms with Crippen LogP contribution in [0, 0.1) is 5.41 Å². The molecule has 0 aromatic heterocycles. The first kappa shape index (κ1) is 13.0. The first-order valence-corrected chi connectivity index (χ1v) is 5.48. The number of hydrogen-bond donors (Lipinski definition) is 2. The predicted molar refractivity (Wildman–Crippen MR) is 64.6 cm³/mol. The molecule has 0 amide bonds. The molecule has 0 spiro atoms. The minimum atomic E-state index is -0.800. The summed E-state index contributed by atoms with van der Waals surface area (Å²) in [4.78, 5) is 10.9. The number of hydrogen-bond acceptors (Lipinski definition) is 2. The summed E-state index contributed by atoms with van der Waals surface area (Å²) in [5, 5.41) is 12.7. The summed E-state index contributed by atoms with van der Waals surface area (Å²) >= 11 is 5.84. The Labute approximate surface area is 100 Å². The Morgan fingerprint density at radius 1 is 1.50 bits per heavy atom. The molecule has 0 aliphatic carbocycles. The molecule has 0 unspecified atom stereocenters. The largest absolute Gasteiger partial charge is 0.481 e. The van der Waals surface area contributed by atoms with E-state index in [4.69, 9.17) is 16.7 Å². The van der Waals surface area contributed by atoms with E-state index in [1.165, 1.54) is 0 Å². The smallest absolute Gasteiger partial charge is 0.310 e. The summed E-state index contributed by atoms with van der Waals surface area (Å²) in [5.74, 6) is -0.800. The normalized spacial score (nSPS) is 11.4. The standard InChI is InChI=1S/C12H16ClNO2/c1-12(2,11(15)16)8-14-7-9-4-3-5-10(13)6-9/h3-6,14H,7-8H2,1-2H3,(H,15,16). The molecule has 4 heteroatoms. The first-order chi connectivity index (χ1) is 7.42. The summed E-state index contributed by atoms with van der Waals surface area (Å²) < 4.78 is 0. The van der Waals surface area contributed by atoms with Gasteiger partial charge in [-0.3, -0.25) is 4.79 Å². The Hall–Kier alpha value is -1.06. The number of carboxylic acids is 1. The van der Waals surface area contributed by atoms with Crippen LogP contribution in [-0.2, 0) is 11.3 Å². The van der Waals surface area contributed by atoms with Crippen molar-refractivity contribution < 1.29 is 9.90 Å². The Kier molecular flexibility index (Phi) is 4.33. The summed E-state index contributed by atoms with van der Waals surface area (Å²) in [6.07, 6.45) is 0. The van der Waals surface area contributed by atoms with Gasteiger partial charge in [0.15, 0.2) is 0 Å². The van der Waals surface area contributed by atoms with Gasteiger partial charge in [-0.15, -0.1) is 0 Å². The van der Waals surface area contributed by atoms with Crippen molar-refractivity contribution in [2.24, 2.45) is 5.41 Å². The molecule has 0 bridgehead atoms. The van der Waals surface area contributed by atoms with Crippen LogP contribution < -0.4 is 5.32 Å². The molecule has 16 heavy (non-hydrogen) atoms. The maximum Gasteiger partial charge on any atom is 0.310 e. The summed E-state index contributed by atoms with van der Waals surface area (Å²) in [7, 11) is 0. The van der Waals surface area contributed by atoms with Crippen LogP contribution >= 0.6 is 11.6 Å². The zero-order valence-corrected chi connectivity index (χ0v) is 10.2. The van der Waals surface area contributed by atoms with Gasteiger partial charge in [0.25, 0.3) is 0 Å². The Morgan fingerprint density at radius 3 is 2.75 bits per heavy atom. The van der Waals surface area contributed by atoms with Crippen LogP contribution in [0.3, 0.4) is 0 Å². The van der Waals surface area contributed by atoms with Crippen molar-refractivity contribution in [2.75, 3.05) is 6.54 Å². The number of carbonyl (C=O) groups is 1. The highest BCUT2D eigenvalue weighted by atomic mass is 35.5. The lowest BCUT2D eigenvalue weighted by molar-refractivity contribution is -0.146. The fraction of sp³-hybridized carbons (Fsp3) is 0.417. The molecule has 88 valence electrons. The molecule has 0 saturated heterocycles. The second kappa shape index (κ2) is 5.32. The van der Waals surface area contributed by atoms with Crippen LogP contribution in [0.15, 0.2) is 24.3 Å². The zero-order chi connectivity index (χ0) is 12.2. The molecule has 1 aromatic rings. The third-order valence-corrected chi connectivity index (χ3v) is 2.60. The van der Waals surface area contributed by atoms with Gasteiger partial charge in [0, 0.05) is 18.1 Å². The number of aliphatic carboxylic acids is 1. The van der Waals surface area contributed by atoms with Crippen LogP contribution in [0.5, 0.6) is 0 Å². The highest BCUT2D eigenvalue weighted by Crippen LogP contribution is 2.14. The molecular formula is C12H16ClNO2. The van der Waals surface area contributed by atoms with Gasteiger partial charge >= 0.3 is 5.97 Å². The van der Waals surface area contributed by atoms with Gasteiger partial charge in [-0.05, 0) is 31.5 Å². The fourth-order valence-electron chi connectivity index (χ4n) is 1.24. The third kappa shape index (κ3) is 3.83. The summed E-state index contributed by atoms with van der Waals surface area (Å²) in [6.45, 7) is 4.44. The van der Waals surface area contributed by atoms with Crippen LogP contribution in [0.4, 0.5) is 0 Å². The van der Waals surface area contributed by atoms with E-state index in [1.807, 2.05) is 24.3 Å². The third-order valence-electron chi connectivity index (χ3n) is 2.36. The van der Waals surface area contributed by atoms with Crippen molar-refractivity contribution in [3.05, 3.63) is 34.9 Å². The number of benzene rings is 1. The van der Waals surface area contributed by atoms with E-state index in [-0.39, 0.29) is 0 Å². The second-order valence-electron chi connectivity index (χ2n) is 4.42. The van der Waals surface area contributed by atoms with E-state index in [2.05, 4.69) is 5.32 Å². The van der Waals surface area contributed by atoms with Crippen LogP contribution in [0.1, 0.15) is 19.4 Å². The number of carboxylic acid groups (broad SMARTS) is 1. The molecule has 0 aliphatic heterocycles. The van der Waals surface area contributed by atoms with Crippen molar-refractivity contribution >= 4 is 17.6 Å². The SMILES string of the molecule is CC(C)(CNCc1cccc(Cl)c1)C(=O)O. The second-order valence-corrected chi connectivity index (χ2v) is 4.86. The molecule has 2 N–H and O–H groups in total. The monoisotopic (exact) mass is 241 g/mol. The molecule has 0 radical (unpaired) electrons. The molecular weight excluding hydrogens is 226 g/mol. The average Bonchev–Trinajstić information content (AvgIpc) is 2.17. The maximum absolute atomic E-state index is 10.9. The van der Waals surface area contributed by atoms with Crippen molar-refractivity contribution in [1.82, 2.24) is 5.32 Å². The molecule has 0 saturated carbocycles. The molecule has 0 atom stereocenters. The average molecular weight is 242 g/mol. The summed E-state index contributed by atoms with van der Waals surface area (Å²) in [6, 6.07) is 7.50. The van der Waals surface area contributed by atoms with Crippen molar-refractivity contribution in [1.29, 1.82) is 0 Å². The van der Waals surface area contributed by atoms with Gasteiger partial charge < -0.3 is 10.4 Å². The van der Waals surface area contributed by atoms with E-state index in [0.29, 0.717) is 18.1 Å². The van der Waals surface area contributed by atoms with Crippen molar-refractivity contribution in [3.8, 4) is 0 Å². The van der Waals surface area contributed by atoms with Crippen LogP contribution in [-0.4, -0.2) is 17.6 Å². The Bertz CT molecular complexity index is 377. The van der Waals surface area contributed by atoms with Crippen LogP contribution in [0.2, 0.25) is 5.02 Å². The van der Waals surface area contributed by atoms with Crippen molar-refractivity contribution in [2.45, 2.75) is 20.4 Å². The Morgan fingerprint density at radius 2 is 2.19 bits per heavy atom. The van der Waals surface area contributed by atoms with E-state index in [1.54, 1.807) is 13.8 Å².